The van der Waals surface area contributed by atoms with E-state index in [4.69, 9.17) is 5.11 Å². The summed E-state index contributed by atoms with van der Waals surface area (Å²) in [5, 5.41) is 8.92. The standard InChI is InChI=1S/C8H6F4O/c1-4-2-6(9)5(3-7(4)13)8(10,11)12/h2-3,13H,1H3. The van der Waals surface area contributed by atoms with Crippen molar-refractivity contribution >= 4 is 0 Å². The second kappa shape index (κ2) is 2.90. The Labute approximate surface area is 71.6 Å². The van der Waals surface area contributed by atoms with Crippen molar-refractivity contribution in [1.82, 2.24) is 0 Å². The normalized spacial score (nSPS) is 11.8. The van der Waals surface area contributed by atoms with E-state index in [1.54, 1.807) is 0 Å². The zero-order valence-corrected chi connectivity index (χ0v) is 6.61. The zero-order valence-electron chi connectivity index (χ0n) is 6.61. The van der Waals surface area contributed by atoms with E-state index in [9.17, 15) is 17.6 Å². The van der Waals surface area contributed by atoms with Gasteiger partial charge in [-0.05, 0) is 24.6 Å². The lowest BCUT2D eigenvalue weighted by molar-refractivity contribution is -0.140. The van der Waals surface area contributed by atoms with Gasteiger partial charge in [-0.3, -0.25) is 0 Å². The van der Waals surface area contributed by atoms with Gasteiger partial charge >= 0.3 is 6.18 Å². The summed E-state index contributed by atoms with van der Waals surface area (Å²) in [6.45, 7) is 1.32. The predicted octanol–water partition coefficient (Wildman–Crippen LogP) is 2.86. The number of alkyl halides is 3. The molecule has 0 bridgehead atoms. The molecule has 1 aromatic carbocycles. The van der Waals surface area contributed by atoms with Crippen LogP contribution in [-0.2, 0) is 6.18 Å². The monoisotopic (exact) mass is 194 g/mol. The van der Waals surface area contributed by atoms with Gasteiger partial charge in [-0.25, -0.2) is 4.39 Å². The molecule has 0 saturated heterocycles. The largest absolute Gasteiger partial charge is 0.508 e. The Morgan fingerprint density at radius 3 is 2.23 bits per heavy atom. The summed E-state index contributed by atoms with van der Waals surface area (Å²) in [6, 6.07) is 1.03. The van der Waals surface area contributed by atoms with Gasteiger partial charge in [-0.2, -0.15) is 13.2 Å². The van der Waals surface area contributed by atoms with Crippen LogP contribution in [0.4, 0.5) is 17.6 Å². The molecule has 0 atom stereocenters. The van der Waals surface area contributed by atoms with Gasteiger partial charge in [0, 0.05) is 0 Å². The average molecular weight is 194 g/mol. The SMILES string of the molecule is Cc1cc(F)c(C(F)(F)F)cc1O. The van der Waals surface area contributed by atoms with Gasteiger partial charge in [0.1, 0.15) is 11.6 Å². The fraction of sp³-hybridized carbons (Fsp3) is 0.250. The first-order valence-electron chi connectivity index (χ1n) is 3.38. The van der Waals surface area contributed by atoms with E-state index in [2.05, 4.69) is 0 Å². The molecule has 1 aromatic rings. The lowest BCUT2D eigenvalue weighted by Gasteiger charge is -2.09. The summed E-state index contributed by atoms with van der Waals surface area (Å²) in [6.07, 6.45) is -4.77. The molecule has 13 heavy (non-hydrogen) atoms. The summed E-state index contributed by atoms with van der Waals surface area (Å²) in [5.41, 5.74) is -1.37. The number of hydrogen-bond donors (Lipinski definition) is 1. The van der Waals surface area contributed by atoms with Crippen molar-refractivity contribution in [3.63, 3.8) is 0 Å². The minimum Gasteiger partial charge on any atom is -0.508 e. The van der Waals surface area contributed by atoms with Crippen molar-refractivity contribution in [1.29, 1.82) is 0 Å². The molecular formula is C8H6F4O. The van der Waals surface area contributed by atoms with Crippen LogP contribution in [0.15, 0.2) is 12.1 Å². The Bertz CT molecular complexity index is 330. The van der Waals surface area contributed by atoms with Gasteiger partial charge in [0.2, 0.25) is 0 Å². The molecule has 0 unspecified atom stereocenters. The van der Waals surface area contributed by atoms with Crippen molar-refractivity contribution in [2.24, 2.45) is 0 Å². The van der Waals surface area contributed by atoms with Gasteiger partial charge in [0.05, 0.1) is 5.56 Å². The number of phenols is 1. The average Bonchev–Trinajstić information content (AvgIpc) is 1.94. The van der Waals surface area contributed by atoms with E-state index >= 15 is 0 Å². The number of phenolic OH excluding ortho intramolecular Hbond substituents is 1. The molecule has 5 heteroatoms. The molecule has 0 radical (unpaired) electrons. The third-order valence-electron chi connectivity index (χ3n) is 1.59. The molecule has 0 saturated carbocycles. The summed E-state index contributed by atoms with van der Waals surface area (Å²) in [5.74, 6) is -1.93. The predicted molar refractivity (Wildman–Crippen MR) is 37.8 cm³/mol. The van der Waals surface area contributed by atoms with Gasteiger partial charge in [-0.15, -0.1) is 0 Å². The highest BCUT2D eigenvalue weighted by atomic mass is 19.4. The van der Waals surface area contributed by atoms with Crippen LogP contribution >= 0.6 is 0 Å². The van der Waals surface area contributed by atoms with Crippen LogP contribution < -0.4 is 0 Å². The van der Waals surface area contributed by atoms with Crippen LogP contribution in [0, 0.1) is 12.7 Å². The number of hydrogen-bond acceptors (Lipinski definition) is 1. The van der Waals surface area contributed by atoms with Crippen LogP contribution in [0.25, 0.3) is 0 Å². The molecule has 0 heterocycles. The molecular weight excluding hydrogens is 188 g/mol. The Kier molecular flexibility index (Phi) is 2.19. The molecule has 0 aliphatic carbocycles. The third kappa shape index (κ3) is 1.91. The molecule has 72 valence electrons. The highest BCUT2D eigenvalue weighted by Crippen LogP contribution is 2.34. The fourth-order valence-corrected chi connectivity index (χ4v) is 0.879. The number of aryl methyl sites for hydroxylation is 1. The van der Waals surface area contributed by atoms with E-state index < -0.39 is 23.3 Å². The maximum absolute atomic E-state index is 12.7. The first kappa shape index (κ1) is 9.83. The third-order valence-corrected chi connectivity index (χ3v) is 1.59. The number of benzene rings is 1. The van der Waals surface area contributed by atoms with Crippen molar-refractivity contribution in [3.8, 4) is 5.75 Å². The topological polar surface area (TPSA) is 20.2 Å². The van der Waals surface area contributed by atoms with Crippen molar-refractivity contribution in [2.45, 2.75) is 13.1 Å². The van der Waals surface area contributed by atoms with Crippen molar-refractivity contribution < 1.29 is 22.7 Å². The Morgan fingerprint density at radius 2 is 1.77 bits per heavy atom. The van der Waals surface area contributed by atoms with Gasteiger partial charge < -0.3 is 5.11 Å². The lowest BCUT2D eigenvalue weighted by atomic mass is 10.1. The molecule has 0 aromatic heterocycles. The molecule has 1 N–H and O–H groups in total. The van der Waals surface area contributed by atoms with E-state index in [-0.39, 0.29) is 5.56 Å². The smallest absolute Gasteiger partial charge is 0.419 e. The molecule has 0 spiro atoms. The molecule has 0 aliphatic rings. The summed E-state index contributed by atoms with van der Waals surface area (Å²) in [7, 11) is 0. The first-order chi connectivity index (χ1) is 5.82. The van der Waals surface area contributed by atoms with E-state index in [1.165, 1.54) is 6.92 Å². The van der Waals surface area contributed by atoms with Crippen LogP contribution in [0.5, 0.6) is 5.75 Å². The van der Waals surface area contributed by atoms with E-state index in [0.717, 1.165) is 0 Å². The fourth-order valence-electron chi connectivity index (χ4n) is 0.879. The van der Waals surface area contributed by atoms with Crippen LogP contribution in [0.1, 0.15) is 11.1 Å². The van der Waals surface area contributed by atoms with Gasteiger partial charge in [0.15, 0.2) is 0 Å². The molecule has 0 fully saturated rings. The summed E-state index contributed by atoms with van der Waals surface area (Å²) >= 11 is 0. The maximum atomic E-state index is 12.7. The minimum atomic E-state index is -4.77. The number of aromatic hydroxyl groups is 1. The second-order valence-corrected chi connectivity index (χ2v) is 2.62. The minimum absolute atomic E-state index is 0.0745. The quantitative estimate of drug-likeness (QED) is 0.629. The second-order valence-electron chi connectivity index (χ2n) is 2.62. The zero-order chi connectivity index (χ0) is 10.2. The van der Waals surface area contributed by atoms with Crippen LogP contribution in [0.3, 0.4) is 0 Å². The molecule has 1 nitrogen and oxygen atoms in total. The molecule has 0 aliphatic heterocycles. The van der Waals surface area contributed by atoms with Crippen molar-refractivity contribution in [2.75, 3.05) is 0 Å². The van der Waals surface area contributed by atoms with Crippen LogP contribution in [0.2, 0.25) is 0 Å². The van der Waals surface area contributed by atoms with Gasteiger partial charge in [-0.1, -0.05) is 0 Å². The lowest BCUT2D eigenvalue weighted by Crippen LogP contribution is -2.08. The van der Waals surface area contributed by atoms with E-state index in [1.807, 2.05) is 0 Å². The Morgan fingerprint density at radius 1 is 1.23 bits per heavy atom. The number of halogens is 4. The molecule has 0 amide bonds. The highest BCUT2D eigenvalue weighted by molar-refractivity contribution is 5.37. The summed E-state index contributed by atoms with van der Waals surface area (Å²) < 4.78 is 48.7. The van der Waals surface area contributed by atoms with E-state index in [0.29, 0.717) is 12.1 Å². The van der Waals surface area contributed by atoms with Gasteiger partial charge in [0.25, 0.3) is 0 Å². The number of rotatable bonds is 0. The molecule has 1 rings (SSSR count). The highest BCUT2D eigenvalue weighted by Gasteiger charge is 2.34. The first-order valence-corrected chi connectivity index (χ1v) is 3.38. The summed E-state index contributed by atoms with van der Waals surface area (Å²) in [4.78, 5) is 0. The Hall–Kier alpha value is -1.26. The van der Waals surface area contributed by atoms with Crippen LogP contribution in [-0.4, -0.2) is 5.11 Å². The Balaban J connectivity index is 3.32. The maximum Gasteiger partial charge on any atom is 0.419 e. The van der Waals surface area contributed by atoms with Crippen molar-refractivity contribution in [3.05, 3.63) is 29.1 Å².